The zero-order valence-corrected chi connectivity index (χ0v) is 11.9. The molecule has 104 valence electrons. The topological polar surface area (TPSA) is 21.3 Å². The van der Waals surface area contributed by atoms with E-state index in [4.69, 9.17) is 4.74 Å². The van der Waals surface area contributed by atoms with Crippen LogP contribution >= 0.6 is 0 Å². The summed E-state index contributed by atoms with van der Waals surface area (Å²) in [6.45, 7) is 4.55. The summed E-state index contributed by atoms with van der Waals surface area (Å²) in [5.74, 6) is 2.15. The van der Waals surface area contributed by atoms with Gasteiger partial charge in [0.05, 0.1) is 0 Å². The van der Waals surface area contributed by atoms with Crippen molar-refractivity contribution in [2.45, 2.75) is 44.8 Å². The molecule has 1 saturated carbocycles. The number of nitrogens with one attached hydrogen (secondary N) is 1. The molecule has 1 heterocycles. The number of hydrogen-bond acceptors (Lipinski definition) is 2. The fraction of sp³-hybridized carbons (Fsp3) is 0.625. The highest BCUT2D eigenvalue weighted by Crippen LogP contribution is 2.53. The molecule has 1 aromatic carbocycles. The second-order valence-corrected chi connectivity index (χ2v) is 6.42. The Balaban J connectivity index is 1.85. The van der Waals surface area contributed by atoms with Gasteiger partial charge in [0.2, 0.25) is 0 Å². The van der Waals surface area contributed by atoms with Gasteiger partial charge in [0.1, 0.15) is 17.2 Å². The number of hydrogen-bond donors (Lipinski definition) is 1. The van der Waals surface area contributed by atoms with Crippen LogP contribution in [0.4, 0.5) is 4.39 Å². The summed E-state index contributed by atoms with van der Waals surface area (Å²) in [6, 6.07) is 5.07. The molecule has 2 nitrogen and oxygen atoms in total. The summed E-state index contributed by atoms with van der Waals surface area (Å²) >= 11 is 0. The van der Waals surface area contributed by atoms with Crippen LogP contribution in [0.15, 0.2) is 18.2 Å². The number of rotatable bonds is 2. The molecule has 1 aliphatic carbocycles. The third kappa shape index (κ3) is 2.14. The number of fused-ring (bicyclic) bond motifs is 1. The van der Waals surface area contributed by atoms with E-state index in [2.05, 4.69) is 19.2 Å². The van der Waals surface area contributed by atoms with Crippen molar-refractivity contribution in [1.29, 1.82) is 0 Å². The lowest BCUT2D eigenvalue weighted by Crippen LogP contribution is -2.54. The highest BCUT2D eigenvalue weighted by atomic mass is 19.1. The summed E-state index contributed by atoms with van der Waals surface area (Å²) in [5, 5.41) is 3.31. The van der Waals surface area contributed by atoms with Crippen molar-refractivity contribution in [1.82, 2.24) is 5.32 Å². The lowest BCUT2D eigenvalue weighted by atomic mass is 9.62. The summed E-state index contributed by atoms with van der Waals surface area (Å²) in [5.41, 5.74) is 0.939. The van der Waals surface area contributed by atoms with E-state index in [0.717, 1.165) is 42.4 Å². The van der Waals surface area contributed by atoms with Crippen molar-refractivity contribution in [2.24, 2.45) is 11.8 Å². The molecule has 0 bridgehead atoms. The molecule has 3 heteroatoms. The van der Waals surface area contributed by atoms with Gasteiger partial charge in [0.15, 0.2) is 0 Å². The lowest BCUT2D eigenvalue weighted by molar-refractivity contribution is -0.0869. The van der Waals surface area contributed by atoms with Crippen LogP contribution in [0.5, 0.6) is 5.75 Å². The minimum atomic E-state index is -0.188. The molecule has 1 aromatic rings. The summed E-state index contributed by atoms with van der Waals surface area (Å²) < 4.78 is 19.6. The van der Waals surface area contributed by atoms with E-state index in [1.165, 1.54) is 6.07 Å². The Hall–Kier alpha value is -1.09. The molecule has 0 aromatic heterocycles. The van der Waals surface area contributed by atoms with Crippen LogP contribution in [-0.4, -0.2) is 12.6 Å². The minimum absolute atomic E-state index is 0.0204. The highest BCUT2D eigenvalue weighted by molar-refractivity contribution is 5.40. The zero-order valence-electron chi connectivity index (χ0n) is 11.9. The van der Waals surface area contributed by atoms with Gasteiger partial charge in [-0.05, 0) is 49.9 Å². The molecule has 1 aliphatic heterocycles. The first-order valence-corrected chi connectivity index (χ1v) is 7.19. The van der Waals surface area contributed by atoms with Crippen molar-refractivity contribution >= 4 is 0 Å². The van der Waals surface area contributed by atoms with E-state index in [9.17, 15) is 4.39 Å². The molecule has 0 amide bonds. The van der Waals surface area contributed by atoms with Gasteiger partial charge < -0.3 is 10.1 Å². The van der Waals surface area contributed by atoms with Gasteiger partial charge in [-0.25, -0.2) is 4.39 Å². The largest absolute Gasteiger partial charge is 0.487 e. The van der Waals surface area contributed by atoms with Crippen LogP contribution in [0.2, 0.25) is 0 Å². The van der Waals surface area contributed by atoms with E-state index in [1.807, 2.05) is 7.05 Å². The third-order valence-corrected chi connectivity index (χ3v) is 4.81. The van der Waals surface area contributed by atoms with E-state index < -0.39 is 0 Å². The van der Waals surface area contributed by atoms with Crippen molar-refractivity contribution in [3.8, 4) is 5.75 Å². The molecule has 1 atom stereocenters. The van der Waals surface area contributed by atoms with Crippen molar-refractivity contribution in [2.75, 3.05) is 7.05 Å². The molecular formula is C16H22FNO. The maximum atomic E-state index is 13.4. The molecule has 1 spiro atoms. The lowest BCUT2D eigenvalue weighted by Gasteiger charge is -2.53. The molecule has 1 N–H and O–H groups in total. The maximum absolute atomic E-state index is 13.4. The van der Waals surface area contributed by atoms with Gasteiger partial charge in [-0.15, -0.1) is 0 Å². The third-order valence-electron chi connectivity index (χ3n) is 4.81. The Kier molecular flexibility index (Phi) is 3.05. The molecule has 0 saturated heterocycles. The average molecular weight is 263 g/mol. The van der Waals surface area contributed by atoms with E-state index in [1.54, 1.807) is 12.1 Å². The van der Waals surface area contributed by atoms with Crippen molar-refractivity contribution in [3.05, 3.63) is 29.6 Å². The molecular weight excluding hydrogens is 241 g/mol. The standard InChI is InChI=1S/C16H22FNO/c1-10(2)11-7-16(8-11)9-14(18-3)13-6-12(17)4-5-15(13)19-16/h4-6,10-11,14,18H,7-9H2,1-3H3. The predicted octanol–water partition coefficient (Wildman–Crippen LogP) is 3.67. The molecule has 1 unspecified atom stereocenters. The first kappa shape index (κ1) is 12.9. The van der Waals surface area contributed by atoms with Gasteiger partial charge >= 0.3 is 0 Å². The molecule has 3 rings (SSSR count). The van der Waals surface area contributed by atoms with Crippen LogP contribution in [0.25, 0.3) is 0 Å². The number of halogens is 1. The van der Waals surface area contributed by atoms with Crippen LogP contribution in [0, 0.1) is 17.7 Å². The van der Waals surface area contributed by atoms with Crippen LogP contribution in [0.3, 0.4) is 0 Å². The van der Waals surface area contributed by atoms with Crippen LogP contribution in [0.1, 0.15) is 44.7 Å². The molecule has 1 fully saturated rings. The summed E-state index contributed by atoms with van der Waals surface area (Å²) in [4.78, 5) is 0. The van der Waals surface area contributed by atoms with E-state index >= 15 is 0 Å². The smallest absolute Gasteiger partial charge is 0.125 e. The minimum Gasteiger partial charge on any atom is -0.487 e. The molecule has 2 aliphatic rings. The number of ether oxygens (including phenoxy) is 1. The fourth-order valence-corrected chi connectivity index (χ4v) is 3.52. The first-order valence-electron chi connectivity index (χ1n) is 7.19. The number of benzene rings is 1. The molecule has 19 heavy (non-hydrogen) atoms. The Labute approximate surface area is 114 Å². The summed E-state index contributed by atoms with van der Waals surface area (Å²) in [7, 11) is 1.94. The Bertz CT molecular complexity index is 480. The van der Waals surface area contributed by atoms with Crippen molar-refractivity contribution in [3.63, 3.8) is 0 Å². The monoisotopic (exact) mass is 263 g/mol. The summed E-state index contributed by atoms with van der Waals surface area (Å²) in [6.07, 6.45) is 3.20. The van der Waals surface area contributed by atoms with Gasteiger partial charge in [0.25, 0.3) is 0 Å². The predicted molar refractivity (Wildman–Crippen MR) is 73.7 cm³/mol. The first-order chi connectivity index (χ1) is 9.03. The van der Waals surface area contributed by atoms with E-state index in [0.29, 0.717) is 0 Å². The fourth-order valence-electron chi connectivity index (χ4n) is 3.52. The van der Waals surface area contributed by atoms with Gasteiger partial charge in [-0.3, -0.25) is 0 Å². The SMILES string of the molecule is CNC1CC2(CC(C(C)C)C2)Oc2ccc(F)cc21. The Morgan fingerprint density at radius 2 is 2.05 bits per heavy atom. The van der Waals surface area contributed by atoms with Gasteiger partial charge in [0, 0.05) is 18.0 Å². The Morgan fingerprint density at radius 3 is 2.68 bits per heavy atom. The quantitative estimate of drug-likeness (QED) is 0.879. The van der Waals surface area contributed by atoms with Crippen LogP contribution < -0.4 is 10.1 Å². The van der Waals surface area contributed by atoms with Crippen molar-refractivity contribution < 1.29 is 9.13 Å². The Morgan fingerprint density at radius 1 is 1.32 bits per heavy atom. The van der Waals surface area contributed by atoms with E-state index in [-0.39, 0.29) is 17.5 Å². The van der Waals surface area contributed by atoms with Gasteiger partial charge in [-0.2, -0.15) is 0 Å². The maximum Gasteiger partial charge on any atom is 0.125 e. The highest BCUT2D eigenvalue weighted by Gasteiger charge is 2.51. The zero-order chi connectivity index (χ0) is 13.6. The average Bonchev–Trinajstić information content (AvgIpc) is 2.34. The van der Waals surface area contributed by atoms with Crippen LogP contribution in [-0.2, 0) is 0 Å². The second-order valence-electron chi connectivity index (χ2n) is 6.42. The van der Waals surface area contributed by atoms with Gasteiger partial charge in [-0.1, -0.05) is 13.8 Å². The molecule has 0 radical (unpaired) electrons. The second kappa shape index (κ2) is 4.48. The normalized spacial score (nSPS) is 32.9.